The van der Waals surface area contributed by atoms with Crippen LogP contribution in [0.3, 0.4) is 0 Å². The summed E-state index contributed by atoms with van der Waals surface area (Å²) in [6, 6.07) is 19.0. The predicted octanol–water partition coefficient (Wildman–Crippen LogP) is 9.21. The number of nitrogens with one attached hydrogen (secondary N) is 1. The smallest absolute Gasteiger partial charge is 0.220 e. The van der Waals surface area contributed by atoms with E-state index in [1.165, 1.54) is 68.1 Å². The predicted molar refractivity (Wildman–Crippen MR) is 152 cm³/mol. The molecule has 0 radical (unpaired) electrons. The summed E-state index contributed by atoms with van der Waals surface area (Å²) < 4.78 is 0. The molecule has 0 bridgehead atoms. The molecule has 1 amide bonds. The largest absolute Gasteiger partial charge is 0.349 e. The molecule has 0 spiro atoms. The first-order valence-electron chi connectivity index (χ1n) is 13.9. The van der Waals surface area contributed by atoms with Gasteiger partial charge in [0, 0.05) is 6.42 Å². The van der Waals surface area contributed by atoms with E-state index in [9.17, 15) is 4.79 Å². The quantitative estimate of drug-likeness (QED) is 0.170. The molecule has 35 heavy (non-hydrogen) atoms. The number of unbranched alkanes of at least 4 members (excludes halogenated alkanes) is 8. The van der Waals surface area contributed by atoms with Crippen molar-refractivity contribution < 1.29 is 4.79 Å². The number of hydrogen-bond acceptors (Lipinski definition) is 1. The Balaban J connectivity index is 1.59. The average molecular weight is 474 g/mol. The zero-order valence-electron chi connectivity index (χ0n) is 22.2. The van der Waals surface area contributed by atoms with Crippen LogP contribution in [0.25, 0.3) is 0 Å². The fraction of sp³-hybridized carbons (Fsp3) is 0.485. The summed E-state index contributed by atoms with van der Waals surface area (Å²) in [6.45, 7) is 4.35. The number of benzene rings is 2. The minimum atomic E-state index is 0.0179. The summed E-state index contributed by atoms with van der Waals surface area (Å²) in [7, 11) is 0. The lowest BCUT2D eigenvalue weighted by Gasteiger charge is -2.20. The maximum Gasteiger partial charge on any atom is 0.220 e. The van der Waals surface area contributed by atoms with Gasteiger partial charge in [0.15, 0.2) is 0 Å². The fourth-order valence-corrected chi connectivity index (χ4v) is 4.26. The van der Waals surface area contributed by atoms with Crippen LogP contribution in [0.4, 0.5) is 0 Å². The van der Waals surface area contributed by atoms with Crippen molar-refractivity contribution in [3.63, 3.8) is 0 Å². The van der Waals surface area contributed by atoms with E-state index in [1.54, 1.807) is 0 Å². The highest BCUT2D eigenvalue weighted by atomic mass is 16.1. The molecule has 0 aromatic heterocycles. The van der Waals surface area contributed by atoms with Gasteiger partial charge in [-0.05, 0) is 63.0 Å². The molecular formula is C33H47NO. The topological polar surface area (TPSA) is 29.1 Å². The Morgan fingerprint density at radius 2 is 1.40 bits per heavy atom. The van der Waals surface area contributed by atoms with Gasteiger partial charge >= 0.3 is 0 Å². The Hall–Kier alpha value is -2.61. The third-order valence-electron chi connectivity index (χ3n) is 6.45. The third-order valence-corrected chi connectivity index (χ3v) is 6.45. The van der Waals surface area contributed by atoms with E-state index < -0.39 is 0 Å². The Morgan fingerprint density at radius 1 is 0.771 bits per heavy atom. The fourth-order valence-electron chi connectivity index (χ4n) is 4.26. The van der Waals surface area contributed by atoms with Crippen molar-refractivity contribution in [3.8, 4) is 0 Å². The molecule has 0 saturated heterocycles. The lowest BCUT2D eigenvalue weighted by molar-refractivity contribution is -0.122. The molecule has 0 aliphatic rings. The molecule has 2 aromatic carbocycles. The minimum Gasteiger partial charge on any atom is -0.349 e. The minimum absolute atomic E-state index is 0.0179. The first-order chi connectivity index (χ1) is 17.2. The van der Waals surface area contributed by atoms with Gasteiger partial charge in [-0.1, -0.05) is 123 Å². The van der Waals surface area contributed by atoms with Gasteiger partial charge in [-0.15, -0.1) is 0 Å². The van der Waals surface area contributed by atoms with E-state index in [-0.39, 0.29) is 11.9 Å². The van der Waals surface area contributed by atoms with Gasteiger partial charge < -0.3 is 5.32 Å². The maximum absolute atomic E-state index is 12.7. The van der Waals surface area contributed by atoms with Crippen LogP contribution in [-0.2, 0) is 11.2 Å². The first kappa shape index (κ1) is 28.6. The van der Waals surface area contributed by atoms with Crippen molar-refractivity contribution in [1.29, 1.82) is 0 Å². The van der Waals surface area contributed by atoms with Crippen LogP contribution < -0.4 is 5.32 Å². The second-order valence-electron chi connectivity index (χ2n) is 9.70. The second kappa shape index (κ2) is 18.7. The van der Waals surface area contributed by atoms with Gasteiger partial charge in [0.2, 0.25) is 5.91 Å². The number of carbonyl (C=O) groups is 1. The highest BCUT2D eigenvalue weighted by Gasteiger charge is 2.15. The van der Waals surface area contributed by atoms with Crippen molar-refractivity contribution in [2.24, 2.45) is 0 Å². The van der Waals surface area contributed by atoms with E-state index in [2.05, 4.69) is 79.9 Å². The van der Waals surface area contributed by atoms with Crippen LogP contribution in [0, 0.1) is 6.92 Å². The van der Waals surface area contributed by atoms with Crippen molar-refractivity contribution in [2.45, 2.75) is 103 Å². The Labute approximate surface area is 214 Å². The van der Waals surface area contributed by atoms with Gasteiger partial charge in [-0.25, -0.2) is 0 Å². The summed E-state index contributed by atoms with van der Waals surface area (Å²) in [5.41, 5.74) is 3.68. The molecule has 0 saturated carbocycles. The van der Waals surface area contributed by atoms with Crippen molar-refractivity contribution in [2.75, 3.05) is 0 Å². The Bertz CT molecular complexity index is 850. The molecule has 0 unspecified atom stereocenters. The lowest BCUT2D eigenvalue weighted by Crippen LogP contribution is -2.29. The molecule has 0 heterocycles. The summed E-state index contributed by atoms with van der Waals surface area (Å²) in [6.07, 6.45) is 23.9. The molecule has 2 heteroatoms. The van der Waals surface area contributed by atoms with Gasteiger partial charge in [0.25, 0.3) is 0 Å². The number of aryl methyl sites for hydroxylation is 1. The highest BCUT2D eigenvalue weighted by molar-refractivity contribution is 5.76. The van der Waals surface area contributed by atoms with Crippen LogP contribution in [-0.4, -0.2) is 5.91 Å². The van der Waals surface area contributed by atoms with Crippen LogP contribution >= 0.6 is 0 Å². The zero-order chi connectivity index (χ0) is 25.0. The van der Waals surface area contributed by atoms with Crippen molar-refractivity contribution >= 4 is 5.91 Å². The summed E-state index contributed by atoms with van der Waals surface area (Å²) in [5.74, 6) is 0.164. The summed E-state index contributed by atoms with van der Waals surface area (Å²) in [5, 5.41) is 3.29. The Kier molecular flexibility index (Phi) is 15.3. The standard InChI is InChI=1S/C33H47NO/c1-3-4-5-6-7-8-9-10-11-12-13-14-15-16-20-23-33(35)34-32(31-21-18-17-19-22-31)28-30-26-24-29(2)25-27-30/h7-8,10-11,17-19,21-22,24-27,32H,3-6,9,12-16,20,23,28H2,1-2H3,(H,34,35)/b8-7-,11-10-/t32-/m0/s1. The number of amides is 1. The van der Waals surface area contributed by atoms with E-state index in [0.717, 1.165) is 25.7 Å². The summed E-state index contributed by atoms with van der Waals surface area (Å²) >= 11 is 0. The van der Waals surface area contributed by atoms with Gasteiger partial charge in [0.05, 0.1) is 6.04 Å². The van der Waals surface area contributed by atoms with Crippen LogP contribution in [0.15, 0.2) is 78.9 Å². The first-order valence-corrected chi connectivity index (χ1v) is 13.9. The summed E-state index contributed by atoms with van der Waals surface area (Å²) in [4.78, 5) is 12.7. The number of allylic oxidation sites excluding steroid dienone is 4. The van der Waals surface area contributed by atoms with Crippen molar-refractivity contribution in [1.82, 2.24) is 5.32 Å². The molecule has 2 aromatic rings. The zero-order valence-corrected chi connectivity index (χ0v) is 22.2. The molecular weight excluding hydrogens is 426 g/mol. The molecule has 1 N–H and O–H groups in total. The SMILES string of the molecule is CCCCC/C=C\C/C=C\CCCCCCCC(=O)N[C@@H](Cc1ccc(C)cc1)c1ccccc1. The van der Waals surface area contributed by atoms with E-state index >= 15 is 0 Å². The lowest BCUT2D eigenvalue weighted by atomic mass is 9.98. The monoisotopic (exact) mass is 473 g/mol. The third kappa shape index (κ3) is 13.8. The second-order valence-corrected chi connectivity index (χ2v) is 9.70. The van der Waals surface area contributed by atoms with E-state index in [1.807, 2.05) is 18.2 Å². The van der Waals surface area contributed by atoms with Gasteiger partial charge in [0.1, 0.15) is 0 Å². The van der Waals surface area contributed by atoms with E-state index in [0.29, 0.717) is 6.42 Å². The maximum atomic E-state index is 12.7. The molecule has 0 aliphatic heterocycles. The Morgan fingerprint density at radius 3 is 2.09 bits per heavy atom. The molecule has 0 aliphatic carbocycles. The number of hydrogen-bond donors (Lipinski definition) is 1. The van der Waals surface area contributed by atoms with Crippen LogP contribution in [0.1, 0.15) is 107 Å². The molecule has 190 valence electrons. The van der Waals surface area contributed by atoms with Gasteiger partial charge in [-0.2, -0.15) is 0 Å². The van der Waals surface area contributed by atoms with E-state index in [4.69, 9.17) is 0 Å². The van der Waals surface area contributed by atoms with Crippen LogP contribution in [0.2, 0.25) is 0 Å². The highest BCUT2D eigenvalue weighted by Crippen LogP contribution is 2.19. The molecule has 2 rings (SSSR count). The normalized spacial score (nSPS) is 12.4. The molecule has 1 atom stereocenters. The molecule has 2 nitrogen and oxygen atoms in total. The number of carbonyl (C=O) groups excluding carboxylic acids is 1. The molecule has 0 fully saturated rings. The number of rotatable bonds is 18. The van der Waals surface area contributed by atoms with Crippen LogP contribution in [0.5, 0.6) is 0 Å². The van der Waals surface area contributed by atoms with Gasteiger partial charge in [-0.3, -0.25) is 4.79 Å². The average Bonchev–Trinajstić information content (AvgIpc) is 2.88. The van der Waals surface area contributed by atoms with Crippen molar-refractivity contribution in [3.05, 3.63) is 95.6 Å².